The molecule has 1 saturated heterocycles. The van der Waals surface area contributed by atoms with Gasteiger partial charge in [0.1, 0.15) is 0 Å². The molecule has 104 valence electrons. The second kappa shape index (κ2) is 5.64. The fourth-order valence-electron chi connectivity index (χ4n) is 1.95. The Kier molecular flexibility index (Phi) is 4.13. The molecule has 0 spiro atoms. The molecule has 0 aliphatic carbocycles. The molecule has 0 unspecified atom stereocenters. The Bertz CT molecular complexity index is 550. The average molecular weight is 285 g/mol. The smallest absolute Gasteiger partial charge is 0.269 e. The van der Waals surface area contributed by atoms with Gasteiger partial charge in [0.05, 0.1) is 9.82 Å². The molecule has 1 aliphatic rings. The normalized spacial score (nSPS) is 19.5. The van der Waals surface area contributed by atoms with Gasteiger partial charge in [-0.2, -0.15) is 0 Å². The van der Waals surface area contributed by atoms with Crippen molar-refractivity contribution in [2.75, 3.05) is 19.6 Å². The molecule has 0 radical (unpaired) electrons. The van der Waals surface area contributed by atoms with Crippen LogP contribution < -0.4 is 10.0 Å². The summed E-state index contributed by atoms with van der Waals surface area (Å²) in [5.41, 5.74) is -0.126. The quantitative estimate of drug-likeness (QED) is 0.605. The number of nitro groups is 1. The highest BCUT2D eigenvalue weighted by Gasteiger charge is 2.20. The van der Waals surface area contributed by atoms with Crippen molar-refractivity contribution in [3.8, 4) is 0 Å². The lowest BCUT2D eigenvalue weighted by Gasteiger charge is -2.10. The number of sulfonamides is 1. The number of nitrogens with one attached hydrogen (secondary N) is 2. The number of hydrogen-bond acceptors (Lipinski definition) is 5. The van der Waals surface area contributed by atoms with Crippen molar-refractivity contribution in [3.05, 3.63) is 34.4 Å². The molecule has 0 amide bonds. The van der Waals surface area contributed by atoms with Gasteiger partial charge in [-0.3, -0.25) is 10.1 Å². The standard InChI is InChI=1S/C11H15N3O4S/c15-14(16)10-1-3-11(4-2-10)19(17,18)13-8-9-5-6-12-7-9/h1-4,9,12-13H,5-8H2/t9-/m0/s1. The predicted octanol–water partition coefficient (Wildman–Crippen LogP) is 0.483. The molecule has 19 heavy (non-hydrogen) atoms. The highest BCUT2D eigenvalue weighted by molar-refractivity contribution is 7.89. The second-order valence-electron chi connectivity index (χ2n) is 4.46. The molecule has 0 bridgehead atoms. The number of hydrogen-bond donors (Lipinski definition) is 2. The Morgan fingerprint density at radius 2 is 2.05 bits per heavy atom. The summed E-state index contributed by atoms with van der Waals surface area (Å²) in [6.07, 6.45) is 0.947. The summed E-state index contributed by atoms with van der Waals surface area (Å²) >= 11 is 0. The molecule has 0 aromatic heterocycles. The van der Waals surface area contributed by atoms with Crippen LogP contribution in [0.5, 0.6) is 0 Å². The summed E-state index contributed by atoms with van der Waals surface area (Å²) < 4.78 is 26.5. The highest BCUT2D eigenvalue weighted by Crippen LogP contribution is 2.16. The van der Waals surface area contributed by atoms with E-state index < -0.39 is 14.9 Å². The van der Waals surface area contributed by atoms with Crippen molar-refractivity contribution < 1.29 is 13.3 Å². The van der Waals surface area contributed by atoms with E-state index in [0.717, 1.165) is 19.5 Å². The van der Waals surface area contributed by atoms with Crippen molar-refractivity contribution in [2.24, 2.45) is 5.92 Å². The number of rotatable bonds is 5. The van der Waals surface area contributed by atoms with Crippen molar-refractivity contribution in [2.45, 2.75) is 11.3 Å². The molecule has 1 fully saturated rings. The summed E-state index contributed by atoms with van der Waals surface area (Å²) in [4.78, 5) is 9.98. The van der Waals surface area contributed by atoms with E-state index in [1.165, 1.54) is 24.3 Å². The maximum absolute atomic E-state index is 12.0. The zero-order valence-corrected chi connectivity index (χ0v) is 11.0. The summed E-state index contributed by atoms with van der Waals surface area (Å²) in [6, 6.07) is 4.86. The van der Waals surface area contributed by atoms with Crippen LogP contribution in [0.4, 0.5) is 5.69 Å². The third-order valence-electron chi connectivity index (χ3n) is 3.08. The van der Waals surface area contributed by atoms with Gasteiger partial charge in [0.15, 0.2) is 0 Å². The van der Waals surface area contributed by atoms with Crippen LogP contribution in [-0.4, -0.2) is 33.0 Å². The Morgan fingerprint density at radius 1 is 1.37 bits per heavy atom. The maximum atomic E-state index is 12.0. The van der Waals surface area contributed by atoms with Crippen LogP contribution in [0.25, 0.3) is 0 Å². The summed E-state index contributed by atoms with van der Waals surface area (Å²) in [5.74, 6) is 0.299. The Balaban J connectivity index is 2.03. The molecule has 2 rings (SSSR count). The van der Waals surface area contributed by atoms with Crippen molar-refractivity contribution >= 4 is 15.7 Å². The molecule has 2 N–H and O–H groups in total. The molecular formula is C11H15N3O4S. The fraction of sp³-hybridized carbons (Fsp3) is 0.455. The van der Waals surface area contributed by atoms with Crippen LogP contribution >= 0.6 is 0 Å². The van der Waals surface area contributed by atoms with Crippen LogP contribution in [0.15, 0.2) is 29.2 Å². The van der Waals surface area contributed by atoms with E-state index in [0.29, 0.717) is 12.5 Å². The number of non-ortho nitro benzene ring substituents is 1. The average Bonchev–Trinajstić information content (AvgIpc) is 2.90. The lowest BCUT2D eigenvalue weighted by atomic mass is 10.1. The zero-order chi connectivity index (χ0) is 13.9. The van der Waals surface area contributed by atoms with Crippen molar-refractivity contribution in [1.29, 1.82) is 0 Å². The van der Waals surface area contributed by atoms with Gasteiger partial charge in [0.25, 0.3) is 5.69 Å². The number of benzene rings is 1. The van der Waals surface area contributed by atoms with Gasteiger partial charge >= 0.3 is 0 Å². The van der Waals surface area contributed by atoms with E-state index in [1.807, 2.05) is 0 Å². The Morgan fingerprint density at radius 3 is 2.58 bits per heavy atom. The number of nitro benzene ring substituents is 1. The van der Waals surface area contributed by atoms with Gasteiger partial charge in [-0.25, -0.2) is 13.1 Å². The van der Waals surface area contributed by atoms with Crippen molar-refractivity contribution in [3.63, 3.8) is 0 Å². The van der Waals surface area contributed by atoms with Gasteiger partial charge in [-0.1, -0.05) is 0 Å². The summed E-state index contributed by atoms with van der Waals surface area (Å²) in [6.45, 7) is 2.10. The maximum Gasteiger partial charge on any atom is 0.269 e. The minimum atomic E-state index is -3.59. The van der Waals surface area contributed by atoms with Crippen LogP contribution in [0.2, 0.25) is 0 Å². The molecular weight excluding hydrogens is 270 g/mol. The number of nitrogens with zero attached hydrogens (tertiary/aromatic N) is 1. The van der Waals surface area contributed by atoms with Gasteiger partial charge in [0.2, 0.25) is 10.0 Å². The SMILES string of the molecule is O=[N+]([O-])c1ccc(S(=O)(=O)NC[C@H]2CCNC2)cc1. The summed E-state index contributed by atoms with van der Waals surface area (Å²) in [5, 5.41) is 13.7. The first kappa shape index (κ1) is 13.9. The first-order valence-corrected chi connectivity index (χ1v) is 7.42. The van der Waals surface area contributed by atoms with E-state index in [9.17, 15) is 18.5 Å². The highest BCUT2D eigenvalue weighted by atomic mass is 32.2. The Hall–Kier alpha value is -1.51. The van der Waals surface area contributed by atoms with Gasteiger partial charge < -0.3 is 5.32 Å². The van der Waals surface area contributed by atoms with Gasteiger partial charge in [0, 0.05) is 18.7 Å². The van der Waals surface area contributed by atoms with Crippen molar-refractivity contribution in [1.82, 2.24) is 10.0 Å². The molecule has 1 aliphatic heterocycles. The van der Waals surface area contributed by atoms with Crippen LogP contribution in [0, 0.1) is 16.0 Å². The second-order valence-corrected chi connectivity index (χ2v) is 6.23. The molecule has 1 atom stereocenters. The van der Waals surface area contributed by atoms with E-state index >= 15 is 0 Å². The molecule has 8 heteroatoms. The molecule has 1 heterocycles. The fourth-order valence-corrected chi connectivity index (χ4v) is 3.06. The van der Waals surface area contributed by atoms with E-state index in [-0.39, 0.29) is 10.6 Å². The first-order chi connectivity index (χ1) is 8.99. The van der Waals surface area contributed by atoms with Crippen LogP contribution in [0.3, 0.4) is 0 Å². The third-order valence-corrected chi connectivity index (χ3v) is 4.52. The predicted molar refractivity (Wildman–Crippen MR) is 69.3 cm³/mol. The van der Waals surface area contributed by atoms with Gasteiger partial charge in [-0.15, -0.1) is 0 Å². The van der Waals surface area contributed by atoms with Crippen LogP contribution in [0.1, 0.15) is 6.42 Å². The van der Waals surface area contributed by atoms with Crippen LogP contribution in [-0.2, 0) is 10.0 Å². The Labute approximate surface area is 111 Å². The zero-order valence-electron chi connectivity index (χ0n) is 10.2. The molecule has 0 saturated carbocycles. The minimum absolute atomic E-state index is 0.0454. The van der Waals surface area contributed by atoms with E-state index in [2.05, 4.69) is 10.0 Å². The molecule has 7 nitrogen and oxygen atoms in total. The minimum Gasteiger partial charge on any atom is -0.316 e. The largest absolute Gasteiger partial charge is 0.316 e. The lowest BCUT2D eigenvalue weighted by molar-refractivity contribution is -0.384. The topological polar surface area (TPSA) is 101 Å². The van der Waals surface area contributed by atoms with E-state index in [4.69, 9.17) is 0 Å². The molecule has 1 aromatic rings. The molecule has 1 aromatic carbocycles. The van der Waals surface area contributed by atoms with Gasteiger partial charge in [-0.05, 0) is 37.6 Å². The summed E-state index contributed by atoms with van der Waals surface area (Å²) in [7, 11) is -3.59. The monoisotopic (exact) mass is 285 g/mol. The van der Waals surface area contributed by atoms with E-state index in [1.54, 1.807) is 0 Å². The first-order valence-electron chi connectivity index (χ1n) is 5.94. The third kappa shape index (κ3) is 3.49. The lowest BCUT2D eigenvalue weighted by Crippen LogP contribution is -2.30.